The van der Waals surface area contributed by atoms with E-state index in [0.29, 0.717) is 12.0 Å². The summed E-state index contributed by atoms with van der Waals surface area (Å²) in [5, 5.41) is 8.65. The molecule has 3 nitrogen and oxygen atoms in total. The molecule has 17 heavy (non-hydrogen) atoms. The summed E-state index contributed by atoms with van der Waals surface area (Å²) < 4.78 is 1.78. The van der Waals surface area contributed by atoms with Gasteiger partial charge in [-0.15, -0.1) is 0 Å². The quantitative estimate of drug-likeness (QED) is 0.900. The first-order valence-electron chi connectivity index (χ1n) is 6.48. The average molecular weight is 256 g/mol. The number of aromatic nitrogens is 2. The van der Waals surface area contributed by atoms with Crippen LogP contribution in [-0.4, -0.2) is 22.9 Å². The summed E-state index contributed by atoms with van der Waals surface area (Å²) >= 11 is 6.30. The van der Waals surface area contributed by atoms with E-state index < -0.39 is 0 Å². The minimum Gasteiger partial charge on any atom is -0.317 e. The highest BCUT2D eigenvalue weighted by atomic mass is 35.5. The van der Waals surface area contributed by atoms with Crippen LogP contribution in [0.3, 0.4) is 0 Å². The minimum absolute atomic E-state index is 0.638. The van der Waals surface area contributed by atoms with Crippen LogP contribution in [0.4, 0.5) is 0 Å². The summed E-state index contributed by atoms with van der Waals surface area (Å²) in [5.41, 5.74) is 2.32. The predicted octanol–water partition coefficient (Wildman–Crippen LogP) is 2.70. The van der Waals surface area contributed by atoms with Gasteiger partial charge in [-0.25, -0.2) is 0 Å². The van der Waals surface area contributed by atoms with Gasteiger partial charge in [0.05, 0.1) is 5.69 Å². The van der Waals surface area contributed by atoms with Gasteiger partial charge < -0.3 is 5.32 Å². The zero-order chi connectivity index (χ0) is 12.4. The highest BCUT2D eigenvalue weighted by Gasteiger charge is 2.26. The summed E-state index contributed by atoms with van der Waals surface area (Å²) in [5.74, 6) is 0.703. The van der Waals surface area contributed by atoms with Crippen LogP contribution in [0.15, 0.2) is 0 Å². The largest absolute Gasteiger partial charge is 0.317 e. The molecule has 1 fully saturated rings. The third-order valence-electron chi connectivity index (χ3n) is 4.02. The van der Waals surface area contributed by atoms with Gasteiger partial charge in [0.15, 0.2) is 0 Å². The minimum atomic E-state index is 0.638. The van der Waals surface area contributed by atoms with Crippen LogP contribution in [-0.2, 0) is 13.5 Å². The molecule has 1 heterocycles. The molecule has 0 aromatic carbocycles. The van der Waals surface area contributed by atoms with Crippen LogP contribution in [0.1, 0.15) is 36.9 Å². The Labute approximate surface area is 109 Å². The molecule has 2 rings (SSSR count). The first kappa shape index (κ1) is 12.9. The lowest BCUT2D eigenvalue weighted by atomic mass is 9.81. The molecule has 2 unspecified atom stereocenters. The van der Waals surface area contributed by atoms with Crippen LogP contribution in [0.25, 0.3) is 0 Å². The molecule has 1 aromatic heterocycles. The van der Waals surface area contributed by atoms with E-state index in [1.54, 1.807) is 4.68 Å². The van der Waals surface area contributed by atoms with Gasteiger partial charge in [-0.3, -0.25) is 4.68 Å². The van der Waals surface area contributed by atoms with Gasteiger partial charge in [-0.1, -0.05) is 24.4 Å². The molecule has 0 saturated heterocycles. The van der Waals surface area contributed by atoms with E-state index in [4.69, 9.17) is 11.6 Å². The number of aryl methyl sites for hydroxylation is 2. The predicted molar refractivity (Wildman–Crippen MR) is 71.5 cm³/mol. The van der Waals surface area contributed by atoms with Crippen LogP contribution < -0.4 is 5.32 Å². The van der Waals surface area contributed by atoms with Crippen molar-refractivity contribution in [3.05, 3.63) is 16.4 Å². The number of hydrogen-bond acceptors (Lipinski definition) is 2. The molecule has 4 heteroatoms. The van der Waals surface area contributed by atoms with Gasteiger partial charge in [0.1, 0.15) is 5.15 Å². The highest BCUT2D eigenvalue weighted by molar-refractivity contribution is 6.30. The normalized spacial score (nSPS) is 25.2. The Kier molecular flexibility index (Phi) is 4.10. The van der Waals surface area contributed by atoms with E-state index in [0.717, 1.165) is 17.3 Å². The first-order chi connectivity index (χ1) is 8.13. The third kappa shape index (κ3) is 2.66. The average Bonchev–Trinajstić information content (AvgIpc) is 2.57. The van der Waals surface area contributed by atoms with Gasteiger partial charge in [0.25, 0.3) is 0 Å². The molecule has 1 aliphatic rings. The molecule has 1 saturated carbocycles. The number of hydrogen-bond donors (Lipinski definition) is 1. The molecule has 2 atom stereocenters. The monoisotopic (exact) mass is 255 g/mol. The van der Waals surface area contributed by atoms with Crippen molar-refractivity contribution in [1.29, 1.82) is 0 Å². The van der Waals surface area contributed by atoms with Crippen LogP contribution in [0, 0.1) is 12.8 Å². The second kappa shape index (κ2) is 5.40. The van der Waals surface area contributed by atoms with Crippen molar-refractivity contribution in [2.24, 2.45) is 13.0 Å². The summed E-state index contributed by atoms with van der Waals surface area (Å²) in [4.78, 5) is 0. The summed E-state index contributed by atoms with van der Waals surface area (Å²) in [6.45, 7) is 2.05. The molecule has 0 radical (unpaired) electrons. The van der Waals surface area contributed by atoms with Crippen LogP contribution in [0.5, 0.6) is 0 Å². The fourth-order valence-corrected chi connectivity index (χ4v) is 3.25. The number of nitrogens with one attached hydrogen (secondary N) is 1. The molecule has 0 amide bonds. The maximum absolute atomic E-state index is 6.30. The molecular weight excluding hydrogens is 234 g/mol. The van der Waals surface area contributed by atoms with Crippen molar-refractivity contribution in [2.75, 3.05) is 7.05 Å². The van der Waals surface area contributed by atoms with Gasteiger partial charge in [0.2, 0.25) is 0 Å². The van der Waals surface area contributed by atoms with E-state index in [2.05, 4.69) is 24.4 Å². The van der Waals surface area contributed by atoms with Crippen molar-refractivity contribution in [3.63, 3.8) is 0 Å². The molecule has 1 aliphatic carbocycles. The van der Waals surface area contributed by atoms with Gasteiger partial charge in [0, 0.05) is 18.7 Å². The Morgan fingerprint density at radius 3 is 2.71 bits per heavy atom. The Morgan fingerprint density at radius 2 is 2.12 bits per heavy atom. The van der Waals surface area contributed by atoms with Gasteiger partial charge in [-0.2, -0.15) is 5.10 Å². The number of nitrogens with zero attached hydrogens (tertiary/aromatic N) is 2. The zero-order valence-electron chi connectivity index (χ0n) is 11.0. The van der Waals surface area contributed by atoms with E-state index in [-0.39, 0.29) is 0 Å². The highest BCUT2D eigenvalue weighted by Crippen LogP contribution is 2.30. The summed E-state index contributed by atoms with van der Waals surface area (Å²) in [6.07, 6.45) is 6.35. The van der Waals surface area contributed by atoms with E-state index in [1.807, 2.05) is 7.05 Å². The topological polar surface area (TPSA) is 29.9 Å². The fraction of sp³-hybridized carbons (Fsp3) is 0.769. The second-order valence-corrected chi connectivity index (χ2v) is 5.48. The molecular formula is C13H22ClN3. The molecule has 0 bridgehead atoms. The summed E-state index contributed by atoms with van der Waals surface area (Å²) in [6, 6.07) is 0.638. The maximum Gasteiger partial charge on any atom is 0.130 e. The molecule has 96 valence electrons. The molecule has 1 N–H and O–H groups in total. The van der Waals surface area contributed by atoms with E-state index in [1.165, 1.54) is 31.2 Å². The molecule has 1 aromatic rings. The SMILES string of the molecule is CNC1CCCCC1Cc1c(C)nn(C)c1Cl. The Bertz CT molecular complexity index is 386. The smallest absolute Gasteiger partial charge is 0.130 e. The van der Waals surface area contributed by atoms with Gasteiger partial charge >= 0.3 is 0 Å². The van der Waals surface area contributed by atoms with Crippen molar-refractivity contribution < 1.29 is 0 Å². The molecule has 0 aliphatic heterocycles. The summed E-state index contributed by atoms with van der Waals surface area (Å²) in [7, 11) is 3.98. The van der Waals surface area contributed by atoms with Crippen molar-refractivity contribution >= 4 is 11.6 Å². The fourth-order valence-electron chi connectivity index (χ4n) is 3.00. The molecule has 0 spiro atoms. The van der Waals surface area contributed by atoms with Gasteiger partial charge in [-0.05, 0) is 39.2 Å². The number of rotatable bonds is 3. The Hall–Kier alpha value is -0.540. The van der Waals surface area contributed by atoms with Crippen LogP contribution in [0.2, 0.25) is 5.15 Å². The van der Waals surface area contributed by atoms with Crippen molar-refractivity contribution in [3.8, 4) is 0 Å². The lowest BCUT2D eigenvalue weighted by Crippen LogP contribution is -2.37. The van der Waals surface area contributed by atoms with Crippen LogP contribution >= 0.6 is 11.6 Å². The third-order valence-corrected chi connectivity index (χ3v) is 4.49. The standard InChI is InChI=1S/C13H22ClN3/c1-9-11(13(14)17(3)16-9)8-10-6-4-5-7-12(10)15-2/h10,12,15H,4-8H2,1-3H3. The maximum atomic E-state index is 6.30. The lowest BCUT2D eigenvalue weighted by molar-refractivity contribution is 0.272. The van der Waals surface area contributed by atoms with E-state index in [9.17, 15) is 0 Å². The lowest BCUT2D eigenvalue weighted by Gasteiger charge is -2.31. The second-order valence-electron chi connectivity index (χ2n) is 5.12. The zero-order valence-corrected chi connectivity index (χ0v) is 11.7. The Morgan fingerprint density at radius 1 is 1.41 bits per heavy atom. The van der Waals surface area contributed by atoms with E-state index >= 15 is 0 Å². The van der Waals surface area contributed by atoms with Crippen molar-refractivity contribution in [1.82, 2.24) is 15.1 Å². The Balaban J connectivity index is 2.13. The first-order valence-corrected chi connectivity index (χ1v) is 6.86. The van der Waals surface area contributed by atoms with Crippen molar-refractivity contribution in [2.45, 2.75) is 45.1 Å². The number of halogens is 1.